The molecule has 1 aliphatic rings. The van der Waals surface area contributed by atoms with E-state index in [4.69, 9.17) is 0 Å². The van der Waals surface area contributed by atoms with Gasteiger partial charge < -0.3 is 4.98 Å². The number of para-hydroxylation sites is 1. The van der Waals surface area contributed by atoms with E-state index in [-0.39, 0.29) is 5.78 Å². The molecule has 2 heterocycles. The number of benzene rings is 1. The highest BCUT2D eigenvalue weighted by molar-refractivity contribution is 6.03. The van der Waals surface area contributed by atoms with Crippen LogP contribution in [-0.2, 0) is 4.79 Å². The van der Waals surface area contributed by atoms with Crippen molar-refractivity contribution in [1.82, 2.24) is 9.88 Å². The molecule has 1 aliphatic heterocycles. The summed E-state index contributed by atoms with van der Waals surface area (Å²) >= 11 is 0. The molecule has 0 atom stereocenters. The van der Waals surface area contributed by atoms with Gasteiger partial charge in [-0.3, -0.25) is 9.69 Å². The van der Waals surface area contributed by atoms with Crippen molar-refractivity contribution in [1.29, 1.82) is 0 Å². The number of nitrogens with zero attached hydrogens (tertiary/aromatic N) is 1. The minimum atomic E-state index is 0.287. The molecule has 1 fully saturated rings. The Morgan fingerprint density at radius 3 is 3.05 bits per heavy atom. The molecular formula is C16H18N2O. The Balaban J connectivity index is 1.97. The van der Waals surface area contributed by atoms with Crippen LogP contribution < -0.4 is 0 Å². The Bertz CT molecular complexity index is 639. The smallest absolute Gasteiger partial charge is 0.161 e. The van der Waals surface area contributed by atoms with Gasteiger partial charge in [0.1, 0.15) is 0 Å². The molecule has 0 unspecified atom stereocenters. The molecule has 2 aromatic rings. The Labute approximate surface area is 112 Å². The summed E-state index contributed by atoms with van der Waals surface area (Å²) in [6, 6.07) is 8.18. The van der Waals surface area contributed by atoms with Crippen molar-refractivity contribution in [2.24, 2.45) is 0 Å². The van der Waals surface area contributed by atoms with Crippen LogP contribution in [0.25, 0.3) is 17.0 Å². The van der Waals surface area contributed by atoms with Gasteiger partial charge in [-0.1, -0.05) is 25.1 Å². The van der Waals surface area contributed by atoms with Crippen LogP contribution in [0.15, 0.2) is 36.0 Å². The molecule has 1 saturated heterocycles. The Hall–Kier alpha value is -1.87. The molecule has 3 nitrogen and oxygen atoms in total. The molecule has 0 saturated carbocycles. The van der Waals surface area contributed by atoms with Crippen LogP contribution in [0.5, 0.6) is 0 Å². The number of Topliss-reactive ketones (excluding diaryl/α,β-unsaturated/α-hetero) is 1. The number of likely N-dealkylation sites (N-methyl/N-ethyl adjacent to an activating group) is 1. The monoisotopic (exact) mass is 254 g/mol. The van der Waals surface area contributed by atoms with Crippen LogP contribution in [0.3, 0.4) is 0 Å². The molecule has 3 rings (SSSR count). The number of aromatic nitrogens is 1. The number of hydrogen-bond donors (Lipinski definition) is 1. The number of carbonyl (C=O) groups excluding carboxylic acids is 1. The maximum absolute atomic E-state index is 12.0. The van der Waals surface area contributed by atoms with Gasteiger partial charge in [-0.05, 0) is 18.7 Å². The summed E-state index contributed by atoms with van der Waals surface area (Å²) in [4.78, 5) is 17.6. The number of likely N-dealkylation sites (tertiary alicyclic amines) is 1. The summed E-state index contributed by atoms with van der Waals surface area (Å²) < 4.78 is 0. The fourth-order valence-corrected chi connectivity index (χ4v) is 2.63. The normalized spacial score (nSPS) is 19.4. The lowest BCUT2D eigenvalue weighted by Gasteiger charge is -2.26. The van der Waals surface area contributed by atoms with Crippen LogP contribution in [0.2, 0.25) is 0 Å². The minimum absolute atomic E-state index is 0.287. The molecule has 0 radical (unpaired) electrons. The Morgan fingerprint density at radius 1 is 1.37 bits per heavy atom. The van der Waals surface area contributed by atoms with Crippen LogP contribution in [-0.4, -0.2) is 35.3 Å². The lowest BCUT2D eigenvalue weighted by molar-refractivity contribution is -0.117. The molecule has 1 aromatic carbocycles. The predicted octanol–water partition coefficient (Wildman–Crippen LogP) is 2.85. The summed E-state index contributed by atoms with van der Waals surface area (Å²) in [5, 5.41) is 1.18. The lowest BCUT2D eigenvalue weighted by Crippen LogP contribution is -2.35. The topological polar surface area (TPSA) is 36.1 Å². The quantitative estimate of drug-likeness (QED) is 0.837. The standard InChI is InChI=1S/C16H18N2O/c1-2-18-8-7-16(19)13(11-18)9-12-10-17-15-6-4-3-5-14(12)15/h3-6,9-10,17H,2,7-8,11H2,1H3/b13-9+. The van der Waals surface area contributed by atoms with E-state index in [1.54, 1.807) is 0 Å². The highest BCUT2D eigenvalue weighted by atomic mass is 16.1. The van der Waals surface area contributed by atoms with Gasteiger partial charge in [-0.25, -0.2) is 0 Å². The zero-order valence-corrected chi connectivity index (χ0v) is 11.1. The SMILES string of the molecule is CCN1CCC(=O)/C(=C/c2c[nH]c3ccccc23)C1. The van der Waals surface area contributed by atoms with Gasteiger partial charge in [0.05, 0.1) is 0 Å². The first-order chi connectivity index (χ1) is 9.28. The third-order valence-electron chi connectivity index (χ3n) is 3.81. The van der Waals surface area contributed by atoms with E-state index in [1.807, 2.05) is 24.4 Å². The van der Waals surface area contributed by atoms with E-state index >= 15 is 0 Å². The van der Waals surface area contributed by atoms with Crippen molar-refractivity contribution in [2.75, 3.05) is 19.6 Å². The molecule has 0 aliphatic carbocycles. The van der Waals surface area contributed by atoms with Gasteiger partial charge in [0.25, 0.3) is 0 Å². The van der Waals surface area contributed by atoms with E-state index in [0.717, 1.165) is 36.3 Å². The number of H-pyrrole nitrogens is 1. The molecule has 0 spiro atoms. The first-order valence-electron chi connectivity index (χ1n) is 6.80. The summed E-state index contributed by atoms with van der Waals surface area (Å²) in [5.74, 6) is 0.287. The average molecular weight is 254 g/mol. The van der Waals surface area contributed by atoms with Crippen LogP contribution in [0.1, 0.15) is 18.9 Å². The first kappa shape index (κ1) is 12.2. The molecule has 1 N–H and O–H groups in total. The Kier molecular flexibility index (Phi) is 3.22. The van der Waals surface area contributed by atoms with Crippen molar-refractivity contribution in [3.05, 3.63) is 41.6 Å². The second-order valence-electron chi connectivity index (χ2n) is 5.00. The summed E-state index contributed by atoms with van der Waals surface area (Å²) in [5.41, 5.74) is 3.15. The molecule has 3 heteroatoms. The molecule has 0 bridgehead atoms. The zero-order chi connectivity index (χ0) is 13.2. The number of carbonyl (C=O) groups is 1. The van der Waals surface area contributed by atoms with E-state index in [0.29, 0.717) is 6.42 Å². The maximum atomic E-state index is 12.0. The number of fused-ring (bicyclic) bond motifs is 1. The van der Waals surface area contributed by atoms with Crippen LogP contribution in [0.4, 0.5) is 0 Å². The second kappa shape index (κ2) is 5.02. The van der Waals surface area contributed by atoms with Crippen molar-refractivity contribution in [3.8, 4) is 0 Å². The number of ketones is 1. The fraction of sp³-hybridized carbons (Fsp3) is 0.312. The summed E-state index contributed by atoms with van der Waals surface area (Å²) in [6.45, 7) is 4.80. The van der Waals surface area contributed by atoms with Gasteiger partial charge >= 0.3 is 0 Å². The van der Waals surface area contributed by atoms with Crippen molar-refractivity contribution in [3.63, 3.8) is 0 Å². The molecule has 98 valence electrons. The molecule has 1 aromatic heterocycles. The van der Waals surface area contributed by atoms with E-state index < -0.39 is 0 Å². The largest absolute Gasteiger partial charge is 0.361 e. The molecule has 0 amide bonds. The van der Waals surface area contributed by atoms with Gasteiger partial charge in [0.2, 0.25) is 0 Å². The lowest BCUT2D eigenvalue weighted by atomic mass is 10.0. The Morgan fingerprint density at radius 2 is 2.21 bits per heavy atom. The third kappa shape index (κ3) is 2.34. The maximum Gasteiger partial charge on any atom is 0.161 e. The average Bonchev–Trinajstić information content (AvgIpc) is 2.85. The first-order valence-corrected chi connectivity index (χ1v) is 6.80. The van der Waals surface area contributed by atoms with Crippen molar-refractivity contribution >= 4 is 22.8 Å². The third-order valence-corrected chi connectivity index (χ3v) is 3.81. The van der Waals surface area contributed by atoms with Gasteiger partial charge in [-0.2, -0.15) is 0 Å². The van der Waals surface area contributed by atoms with Gasteiger partial charge in [-0.15, -0.1) is 0 Å². The zero-order valence-electron chi connectivity index (χ0n) is 11.1. The van der Waals surface area contributed by atoms with Crippen molar-refractivity contribution in [2.45, 2.75) is 13.3 Å². The van der Waals surface area contributed by atoms with Crippen LogP contribution >= 0.6 is 0 Å². The predicted molar refractivity (Wildman–Crippen MR) is 78.0 cm³/mol. The van der Waals surface area contributed by atoms with E-state index in [9.17, 15) is 4.79 Å². The summed E-state index contributed by atoms with van der Waals surface area (Å²) in [6.07, 6.45) is 4.67. The number of piperidine rings is 1. The summed E-state index contributed by atoms with van der Waals surface area (Å²) in [7, 11) is 0. The van der Waals surface area contributed by atoms with Gasteiger partial charge in [0, 0.05) is 47.7 Å². The number of aromatic amines is 1. The van der Waals surface area contributed by atoms with Crippen molar-refractivity contribution < 1.29 is 4.79 Å². The number of rotatable bonds is 2. The minimum Gasteiger partial charge on any atom is -0.361 e. The highest BCUT2D eigenvalue weighted by Crippen LogP contribution is 2.22. The molecular weight excluding hydrogens is 236 g/mol. The van der Waals surface area contributed by atoms with E-state index in [1.165, 1.54) is 5.39 Å². The highest BCUT2D eigenvalue weighted by Gasteiger charge is 2.20. The number of hydrogen-bond acceptors (Lipinski definition) is 2. The van der Waals surface area contributed by atoms with Gasteiger partial charge in [0.15, 0.2) is 5.78 Å². The fourth-order valence-electron chi connectivity index (χ4n) is 2.63. The van der Waals surface area contributed by atoms with Crippen LogP contribution in [0, 0.1) is 0 Å². The van der Waals surface area contributed by atoms with E-state index in [2.05, 4.69) is 28.9 Å². The molecule has 19 heavy (non-hydrogen) atoms. The number of nitrogens with one attached hydrogen (secondary N) is 1. The second-order valence-corrected chi connectivity index (χ2v) is 5.00.